The highest BCUT2D eigenvalue weighted by Crippen LogP contribution is 2.39. The van der Waals surface area contributed by atoms with E-state index in [-0.39, 0.29) is 18.2 Å². The average Bonchev–Trinajstić information content (AvgIpc) is 2.75. The van der Waals surface area contributed by atoms with Crippen LogP contribution in [0.25, 0.3) is 0 Å². The molecule has 1 saturated heterocycles. The minimum absolute atomic E-state index is 0.0153. The molecule has 30 heavy (non-hydrogen) atoms. The summed E-state index contributed by atoms with van der Waals surface area (Å²) in [5.41, 5.74) is 1.17. The third-order valence-electron chi connectivity index (χ3n) is 5.80. The molecule has 158 valence electrons. The Labute approximate surface area is 178 Å². The Morgan fingerprint density at radius 3 is 2.77 bits per heavy atom. The maximum atomic E-state index is 13.0. The van der Waals surface area contributed by atoms with Gasteiger partial charge in [-0.1, -0.05) is 24.3 Å². The normalized spacial score (nSPS) is 21.3. The van der Waals surface area contributed by atoms with Crippen LogP contribution in [0, 0.1) is 17.2 Å². The summed E-state index contributed by atoms with van der Waals surface area (Å²) in [4.78, 5) is 16.9. The van der Waals surface area contributed by atoms with Crippen molar-refractivity contribution in [3.8, 4) is 11.8 Å². The van der Waals surface area contributed by atoms with Crippen molar-refractivity contribution in [3.05, 3.63) is 65.2 Å². The minimum Gasteiger partial charge on any atom is -0.497 e. The number of carbonyl (C=O) groups excluding carboxylic acids is 1. The number of likely N-dealkylation sites (tertiary alicyclic amines) is 1. The van der Waals surface area contributed by atoms with Gasteiger partial charge in [-0.25, -0.2) is 0 Å². The van der Waals surface area contributed by atoms with Gasteiger partial charge in [0.1, 0.15) is 5.75 Å². The van der Waals surface area contributed by atoms with E-state index in [2.05, 4.69) is 6.07 Å². The van der Waals surface area contributed by atoms with E-state index < -0.39 is 5.60 Å². The Bertz CT molecular complexity index is 937. The minimum atomic E-state index is -1.03. The van der Waals surface area contributed by atoms with Crippen LogP contribution in [0.4, 0.5) is 0 Å². The van der Waals surface area contributed by atoms with E-state index in [9.17, 15) is 9.90 Å². The Morgan fingerprint density at radius 2 is 2.07 bits per heavy atom. The van der Waals surface area contributed by atoms with E-state index in [1.807, 2.05) is 54.2 Å². The Kier molecular flexibility index (Phi) is 6.76. The number of amides is 1. The number of methoxy groups -OCH3 is 1. The lowest BCUT2D eigenvalue weighted by molar-refractivity contribution is -0.141. The van der Waals surface area contributed by atoms with E-state index in [1.165, 1.54) is 0 Å². The Morgan fingerprint density at radius 1 is 1.30 bits per heavy atom. The maximum Gasteiger partial charge on any atom is 0.227 e. The van der Waals surface area contributed by atoms with Crippen molar-refractivity contribution in [1.29, 1.82) is 5.26 Å². The van der Waals surface area contributed by atoms with E-state index in [1.54, 1.807) is 25.3 Å². The van der Waals surface area contributed by atoms with Crippen LogP contribution < -0.4 is 4.74 Å². The summed E-state index contributed by atoms with van der Waals surface area (Å²) in [5.74, 6) is 0.588. The van der Waals surface area contributed by atoms with Gasteiger partial charge in [0.25, 0.3) is 0 Å². The third-order valence-corrected chi connectivity index (χ3v) is 5.80. The SMILES string of the molecule is COc1cccc(C2(O)CCN(C(=O)Cc3cccc(C#N)c3)CC2CN(C)C)c1. The molecule has 2 aromatic rings. The van der Waals surface area contributed by atoms with E-state index >= 15 is 0 Å². The standard InChI is InChI=1S/C24H29N3O3/c1-26(2)16-21-17-27(23(28)13-18-6-4-7-19(12-18)15-25)11-10-24(21,29)20-8-5-9-22(14-20)30-3/h4-9,12,14,21,29H,10-11,13,16-17H2,1-3H3. The van der Waals surface area contributed by atoms with Gasteiger partial charge in [-0.2, -0.15) is 5.26 Å². The zero-order valence-electron chi connectivity index (χ0n) is 17.8. The molecule has 0 bridgehead atoms. The molecule has 0 spiro atoms. The van der Waals surface area contributed by atoms with Gasteiger partial charge in [-0.3, -0.25) is 4.79 Å². The first-order chi connectivity index (χ1) is 14.4. The number of piperidine rings is 1. The zero-order valence-corrected chi connectivity index (χ0v) is 17.8. The smallest absolute Gasteiger partial charge is 0.227 e. The lowest BCUT2D eigenvalue weighted by atomic mass is 9.75. The summed E-state index contributed by atoms with van der Waals surface area (Å²) in [6.07, 6.45) is 0.713. The summed E-state index contributed by atoms with van der Waals surface area (Å²) in [6, 6.07) is 16.8. The second kappa shape index (κ2) is 9.29. The molecule has 2 atom stereocenters. The van der Waals surface area contributed by atoms with Crippen LogP contribution in [-0.2, 0) is 16.8 Å². The predicted octanol–water partition coefficient (Wildman–Crippen LogP) is 2.41. The van der Waals surface area contributed by atoms with Crippen molar-refractivity contribution in [2.45, 2.75) is 18.4 Å². The van der Waals surface area contributed by atoms with Crippen LogP contribution in [-0.4, -0.2) is 61.7 Å². The molecule has 0 aromatic heterocycles. The molecule has 0 radical (unpaired) electrons. The fourth-order valence-corrected chi connectivity index (χ4v) is 4.20. The first-order valence-electron chi connectivity index (χ1n) is 10.1. The number of benzene rings is 2. The van der Waals surface area contributed by atoms with Gasteiger partial charge < -0.3 is 19.6 Å². The Hall–Kier alpha value is -2.88. The number of nitrogens with zero attached hydrogens (tertiary/aromatic N) is 3. The third kappa shape index (κ3) is 4.81. The molecule has 1 aliphatic heterocycles. The molecule has 1 N–H and O–H groups in total. The lowest BCUT2D eigenvalue weighted by Crippen LogP contribution is -2.54. The average molecular weight is 408 g/mol. The number of nitriles is 1. The number of ether oxygens (including phenoxy) is 1. The van der Waals surface area contributed by atoms with Gasteiger partial charge in [0.05, 0.1) is 30.8 Å². The largest absolute Gasteiger partial charge is 0.497 e. The van der Waals surface area contributed by atoms with Crippen LogP contribution in [0.2, 0.25) is 0 Å². The molecule has 1 amide bonds. The summed E-state index contributed by atoms with van der Waals surface area (Å²) in [6.45, 7) is 1.61. The topological polar surface area (TPSA) is 76.8 Å². The first kappa shape index (κ1) is 21.8. The van der Waals surface area contributed by atoms with Crippen molar-refractivity contribution in [1.82, 2.24) is 9.80 Å². The van der Waals surface area contributed by atoms with Gasteiger partial charge in [0.2, 0.25) is 5.91 Å². The maximum absolute atomic E-state index is 13.0. The van der Waals surface area contributed by atoms with Crippen LogP contribution >= 0.6 is 0 Å². The highest BCUT2D eigenvalue weighted by molar-refractivity contribution is 5.79. The van der Waals surface area contributed by atoms with Crippen LogP contribution in [0.5, 0.6) is 5.75 Å². The molecule has 1 heterocycles. The second-order valence-corrected chi connectivity index (χ2v) is 8.19. The first-order valence-corrected chi connectivity index (χ1v) is 10.1. The number of hydrogen-bond donors (Lipinski definition) is 1. The van der Waals surface area contributed by atoms with E-state index in [4.69, 9.17) is 10.00 Å². The van der Waals surface area contributed by atoms with Crippen molar-refractivity contribution < 1.29 is 14.6 Å². The highest BCUT2D eigenvalue weighted by Gasteiger charge is 2.44. The van der Waals surface area contributed by atoms with Crippen molar-refractivity contribution in [2.75, 3.05) is 40.8 Å². The van der Waals surface area contributed by atoms with Crippen LogP contribution in [0.1, 0.15) is 23.1 Å². The van der Waals surface area contributed by atoms with Crippen molar-refractivity contribution >= 4 is 5.91 Å². The van der Waals surface area contributed by atoms with Gasteiger partial charge in [-0.05, 0) is 55.9 Å². The quantitative estimate of drug-likeness (QED) is 0.796. The van der Waals surface area contributed by atoms with E-state index in [0.717, 1.165) is 11.1 Å². The lowest BCUT2D eigenvalue weighted by Gasteiger charge is -2.46. The molecule has 6 heteroatoms. The Balaban J connectivity index is 1.80. The molecule has 0 aliphatic carbocycles. The van der Waals surface area contributed by atoms with E-state index in [0.29, 0.717) is 37.4 Å². The van der Waals surface area contributed by atoms with Crippen molar-refractivity contribution in [3.63, 3.8) is 0 Å². The highest BCUT2D eigenvalue weighted by atomic mass is 16.5. The molecule has 1 fully saturated rings. The number of aliphatic hydroxyl groups is 1. The monoisotopic (exact) mass is 407 g/mol. The molecular formula is C24H29N3O3. The summed E-state index contributed by atoms with van der Waals surface area (Å²) < 4.78 is 5.34. The summed E-state index contributed by atoms with van der Waals surface area (Å²) >= 11 is 0. The molecule has 6 nitrogen and oxygen atoms in total. The molecule has 3 rings (SSSR count). The molecule has 2 aromatic carbocycles. The van der Waals surface area contributed by atoms with Crippen LogP contribution in [0.3, 0.4) is 0 Å². The second-order valence-electron chi connectivity index (χ2n) is 8.19. The van der Waals surface area contributed by atoms with Gasteiger partial charge in [0.15, 0.2) is 0 Å². The summed E-state index contributed by atoms with van der Waals surface area (Å²) in [5, 5.41) is 20.8. The molecular weight excluding hydrogens is 378 g/mol. The fourth-order valence-electron chi connectivity index (χ4n) is 4.20. The van der Waals surface area contributed by atoms with Gasteiger partial charge in [-0.15, -0.1) is 0 Å². The number of hydrogen-bond acceptors (Lipinski definition) is 5. The zero-order chi connectivity index (χ0) is 21.7. The molecule has 1 aliphatic rings. The fraction of sp³-hybridized carbons (Fsp3) is 0.417. The summed E-state index contributed by atoms with van der Waals surface area (Å²) in [7, 11) is 5.56. The molecule has 0 saturated carbocycles. The number of carbonyl (C=O) groups is 1. The van der Waals surface area contributed by atoms with Crippen LogP contribution in [0.15, 0.2) is 48.5 Å². The molecule has 2 unspecified atom stereocenters. The van der Waals surface area contributed by atoms with Crippen molar-refractivity contribution in [2.24, 2.45) is 5.92 Å². The van der Waals surface area contributed by atoms with Gasteiger partial charge >= 0.3 is 0 Å². The predicted molar refractivity (Wildman–Crippen MR) is 115 cm³/mol. The van der Waals surface area contributed by atoms with Gasteiger partial charge in [0, 0.05) is 25.6 Å². The number of rotatable bonds is 6.